The molecule has 1 rings (SSSR count). The molecular formula is C9H10NO4S. The molecule has 81 valence electrons. The van der Waals surface area contributed by atoms with Crippen LogP contribution in [0.3, 0.4) is 0 Å². The Morgan fingerprint density at radius 1 is 1.40 bits per heavy atom. The van der Waals surface area contributed by atoms with Crippen LogP contribution >= 0.6 is 0 Å². The van der Waals surface area contributed by atoms with Gasteiger partial charge in [0.05, 0.1) is 10.7 Å². The summed E-state index contributed by atoms with van der Waals surface area (Å²) in [5.74, 6) is -0.0767. The van der Waals surface area contributed by atoms with Crippen molar-refractivity contribution in [1.29, 1.82) is 0 Å². The maximum atomic E-state index is 10.6. The van der Waals surface area contributed by atoms with Crippen LogP contribution < -0.4 is 0 Å². The van der Waals surface area contributed by atoms with E-state index >= 15 is 0 Å². The van der Waals surface area contributed by atoms with Gasteiger partial charge < -0.3 is 0 Å². The second-order valence-corrected chi connectivity index (χ2v) is 4.14. The summed E-state index contributed by atoms with van der Waals surface area (Å²) in [7, 11) is -2.50. The number of aryl methyl sites for hydroxylation is 1. The smallest absolute Gasteiger partial charge is 0.258 e. The molecule has 0 fully saturated rings. The van der Waals surface area contributed by atoms with Gasteiger partial charge in [-0.25, -0.2) is 8.42 Å². The number of rotatable bonds is 4. The van der Waals surface area contributed by atoms with Crippen molar-refractivity contribution in [3.8, 4) is 0 Å². The van der Waals surface area contributed by atoms with Gasteiger partial charge in [0.1, 0.15) is 10.7 Å². The molecule has 5 nitrogen and oxygen atoms in total. The normalized spacial score (nSPS) is 10.5. The highest BCUT2D eigenvalue weighted by atomic mass is 32.2. The fourth-order valence-electron chi connectivity index (χ4n) is 1.20. The van der Waals surface area contributed by atoms with Crippen LogP contribution in [0, 0.1) is 17.0 Å². The topological polar surface area (TPSA) is 77.3 Å². The zero-order valence-corrected chi connectivity index (χ0v) is 8.78. The summed E-state index contributed by atoms with van der Waals surface area (Å²) in [6.07, 6.45) is 0.162. The van der Waals surface area contributed by atoms with Crippen molar-refractivity contribution in [2.45, 2.75) is 6.42 Å². The molecule has 0 N–H and O–H groups in total. The van der Waals surface area contributed by atoms with Crippen LogP contribution in [0.4, 0.5) is 5.69 Å². The number of nitrogens with zero attached hydrogens (tertiary/aromatic N) is 1. The maximum Gasteiger partial charge on any atom is 0.272 e. The summed E-state index contributed by atoms with van der Waals surface area (Å²) in [5, 5.41) is 10.6. The van der Waals surface area contributed by atoms with Gasteiger partial charge in [0, 0.05) is 11.6 Å². The molecule has 1 aromatic rings. The van der Waals surface area contributed by atoms with Crippen LogP contribution in [0.15, 0.2) is 18.2 Å². The predicted molar refractivity (Wildman–Crippen MR) is 56.4 cm³/mol. The Kier molecular flexibility index (Phi) is 3.79. The summed E-state index contributed by atoms with van der Waals surface area (Å²) in [5.41, 5.74) is 0.892. The molecule has 0 aliphatic rings. The molecule has 0 unspecified atom stereocenters. The van der Waals surface area contributed by atoms with Gasteiger partial charge in [0.15, 0.2) is 0 Å². The highest BCUT2D eigenvalue weighted by Gasteiger charge is 2.13. The zero-order valence-electron chi connectivity index (χ0n) is 7.88. The third-order valence-corrected chi connectivity index (χ3v) is 2.50. The van der Waals surface area contributed by atoms with E-state index in [2.05, 4.69) is 6.92 Å². The van der Waals surface area contributed by atoms with E-state index in [1.54, 1.807) is 12.1 Å². The van der Waals surface area contributed by atoms with Crippen LogP contribution in [0.2, 0.25) is 0 Å². The summed E-state index contributed by atoms with van der Waals surface area (Å²) < 4.78 is 20.8. The van der Waals surface area contributed by atoms with Gasteiger partial charge in [-0.05, 0) is 18.9 Å². The quantitative estimate of drug-likeness (QED) is 0.472. The fraction of sp³-hybridized carbons (Fsp3) is 0.222. The Balaban J connectivity index is 3.00. The van der Waals surface area contributed by atoms with Crippen molar-refractivity contribution in [3.05, 3.63) is 46.4 Å². The van der Waals surface area contributed by atoms with Crippen LogP contribution in [-0.4, -0.2) is 19.1 Å². The lowest BCUT2D eigenvalue weighted by Gasteiger charge is -2.01. The number of benzene rings is 1. The van der Waals surface area contributed by atoms with Gasteiger partial charge in [-0.2, -0.15) is 0 Å². The Morgan fingerprint density at radius 3 is 2.60 bits per heavy atom. The predicted octanol–water partition coefficient (Wildman–Crippen LogP) is 0.931. The largest absolute Gasteiger partial charge is 0.272 e. The van der Waals surface area contributed by atoms with E-state index in [-0.39, 0.29) is 17.9 Å². The molecule has 0 saturated carbocycles. The van der Waals surface area contributed by atoms with E-state index in [1.165, 1.54) is 6.07 Å². The molecule has 0 bridgehead atoms. The van der Waals surface area contributed by atoms with Gasteiger partial charge >= 0.3 is 0 Å². The van der Waals surface area contributed by atoms with Crippen molar-refractivity contribution in [2.75, 3.05) is 5.75 Å². The SMILES string of the molecule is [CH2]c1ccc(CC[SH](=O)=O)c([N+](=O)[O-])c1. The fourth-order valence-corrected chi connectivity index (χ4v) is 1.63. The van der Waals surface area contributed by atoms with Crippen molar-refractivity contribution < 1.29 is 13.3 Å². The van der Waals surface area contributed by atoms with Crippen molar-refractivity contribution in [2.24, 2.45) is 0 Å². The molecule has 0 spiro atoms. The molecule has 0 aliphatic carbocycles. The van der Waals surface area contributed by atoms with E-state index in [1.807, 2.05) is 0 Å². The van der Waals surface area contributed by atoms with Gasteiger partial charge in [0.2, 0.25) is 0 Å². The minimum absolute atomic E-state index is 0.0700. The zero-order chi connectivity index (χ0) is 11.4. The minimum Gasteiger partial charge on any atom is -0.258 e. The highest BCUT2D eigenvalue weighted by molar-refractivity contribution is 7.72. The van der Waals surface area contributed by atoms with E-state index in [4.69, 9.17) is 0 Å². The second-order valence-electron chi connectivity index (χ2n) is 3.03. The van der Waals surface area contributed by atoms with Gasteiger partial charge in [-0.15, -0.1) is 0 Å². The van der Waals surface area contributed by atoms with Crippen molar-refractivity contribution >= 4 is 16.4 Å². The number of nitro benzene ring substituents is 1. The highest BCUT2D eigenvalue weighted by Crippen LogP contribution is 2.20. The van der Waals surface area contributed by atoms with Crippen molar-refractivity contribution in [1.82, 2.24) is 0 Å². The molecule has 0 atom stereocenters. The first kappa shape index (κ1) is 11.6. The average Bonchev–Trinajstić information content (AvgIpc) is 2.15. The Hall–Kier alpha value is -1.43. The molecule has 0 heterocycles. The summed E-state index contributed by atoms with van der Waals surface area (Å²) >= 11 is 0. The first-order valence-corrected chi connectivity index (χ1v) is 5.58. The lowest BCUT2D eigenvalue weighted by Crippen LogP contribution is -2.00. The molecule has 0 aromatic heterocycles. The minimum atomic E-state index is -2.50. The second kappa shape index (κ2) is 4.88. The third-order valence-electron chi connectivity index (χ3n) is 1.91. The van der Waals surface area contributed by atoms with Crippen LogP contribution in [0.5, 0.6) is 0 Å². The molecule has 6 heteroatoms. The van der Waals surface area contributed by atoms with Crippen LogP contribution in [0.1, 0.15) is 11.1 Å². The summed E-state index contributed by atoms with van der Waals surface area (Å²) in [6, 6.07) is 4.51. The number of hydrogen-bond acceptors (Lipinski definition) is 4. The Morgan fingerprint density at radius 2 is 2.07 bits per heavy atom. The van der Waals surface area contributed by atoms with Gasteiger partial charge in [0.25, 0.3) is 5.69 Å². The number of nitro groups is 1. The van der Waals surface area contributed by atoms with E-state index < -0.39 is 15.6 Å². The summed E-state index contributed by atoms with van der Waals surface area (Å²) in [4.78, 5) is 10.1. The van der Waals surface area contributed by atoms with Crippen LogP contribution in [-0.2, 0) is 17.1 Å². The van der Waals surface area contributed by atoms with E-state index in [0.29, 0.717) is 11.1 Å². The molecule has 1 aromatic carbocycles. The van der Waals surface area contributed by atoms with E-state index in [9.17, 15) is 18.5 Å². The molecule has 1 radical (unpaired) electrons. The third kappa shape index (κ3) is 3.32. The Bertz CT molecular complexity index is 445. The Labute approximate surface area is 88.8 Å². The van der Waals surface area contributed by atoms with Crippen molar-refractivity contribution in [3.63, 3.8) is 0 Å². The lowest BCUT2D eigenvalue weighted by atomic mass is 10.1. The molecule has 0 aliphatic heterocycles. The average molecular weight is 228 g/mol. The summed E-state index contributed by atoms with van der Waals surface area (Å²) in [6.45, 7) is 3.58. The van der Waals surface area contributed by atoms with Gasteiger partial charge in [-0.3, -0.25) is 10.1 Å². The number of thiol groups is 1. The van der Waals surface area contributed by atoms with Gasteiger partial charge in [-0.1, -0.05) is 12.1 Å². The number of hydrogen-bond donors (Lipinski definition) is 1. The first-order chi connectivity index (χ1) is 7.00. The molecule has 0 amide bonds. The van der Waals surface area contributed by atoms with Crippen LogP contribution in [0.25, 0.3) is 0 Å². The van der Waals surface area contributed by atoms with E-state index in [0.717, 1.165) is 0 Å². The first-order valence-electron chi connectivity index (χ1n) is 4.22. The monoisotopic (exact) mass is 228 g/mol. The maximum absolute atomic E-state index is 10.6. The lowest BCUT2D eigenvalue weighted by molar-refractivity contribution is -0.385. The molecule has 0 saturated heterocycles. The molecule has 15 heavy (non-hydrogen) atoms. The standard InChI is InChI=1S/C9H10NO4S/c1-7-2-3-8(4-5-15(13)14)9(6-7)10(11)12/h2-3,6,15H,1,4-5H2. The molecular weight excluding hydrogens is 218 g/mol.